The van der Waals surface area contributed by atoms with E-state index in [0.29, 0.717) is 6.04 Å². The van der Waals surface area contributed by atoms with Crippen LogP contribution in [0.5, 0.6) is 0 Å². The first-order valence-corrected chi connectivity index (χ1v) is 6.79. The summed E-state index contributed by atoms with van der Waals surface area (Å²) in [6, 6.07) is 9.19. The molecular weight excluding hydrogens is 228 g/mol. The van der Waals surface area contributed by atoms with E-state index in [0.717, 1.165) is 6.54 Å². The van der Waals surface area contributed by atoms with Crippen LogP contribution in [0.25, 0.3) is 0 Å². The molecular formula is C14H16N2S. The van der Waals surface area contributed by atoms with Gasteiger partial charge in [-0.1, -0.05) is 29.8 Å². The van der Waals surface area contributed by atoms with Gasteiger partial charge in [0.2, 0.25) is 0 Å². The predicted molar refractivity (Wildman–Crippen MR) is 75.1 cm³/mol. The van der Waals surface area contributed by atoms with Gasteiger partial charge < -0.3 is 10.2 Å². The Morgan fingerprint density at radius 1 is 1.24 bits per heavy atom. The van der Waals surface area contributed by atoms with Gasteiger partial charge in [-0.05, 0) is 12.5 Å². The number of hydrogen-bond donors (Lipinski definition) is 1. The van der Waals surface area contributed by atoms with E-state index in [9.17, 15) is 0 Å². The lowest BCUT2D eigenvalue weighted by molar-refractivity contribution is 0.727. The molecule has 3 heteroatoms. The summed E-state index contributed by atoms with van der Waals surface area (Å²) in [6.07, 6.45) is 0. The standard InChI is InChI=1S/C14H16N2S/c1-10-3-5-11(6-4-10)12-7-16(2)14-9-17-8-13(14)15-12/h3-6,8-9,12,15H,7H2,1-2H3. The van der Waals surface area contributed by atoms with Crippen LogP contribution in [0, 0.1) is 6.92 Å². The molecule has 1 aliphatic rings. The maximum Gasteiger partial charge on any atom is 0.0709 e. The van der Waals surface area contributed by atoms with Crippen molar-refractivity contribution in [1.82, 2.24) is 0 Å². The Morgan fingerprint density at radius 3 is 2.76 bits per heavy atom. The van der Waals surface area contributed by atoms with Crippen LogP contribution in [0.15, 0.2) is 35.0 Å². The highest BCUT2D eigenvalue weighted by Gasteiger charge is 2.22. The molecule has 2 heterocycles. The van der Waals surface area contributed by atoms with E-state index in [2.05, 4.69) is 59.2 Å². The van der Waals surface area contributed by atoms with Crippen LogP contribution >= 0.6 is 11.3 Å². The van der Waals surface area contributed by atoms with Gasteiger partial charge in [0.15, 0.2) is 0 Å². The van der Waals surface area contributed by atoms with Gasteiger partial charge in [0.25, 0.3) is 0 Å². The Labute approximate surface area is 106 Å². The van der Waals surface area contributed by atoms with Crippen molar-refractivity contribution in [2.45, 2.75) is 13.0 Å². The number of anilines is 2. The van der Waals surface area contributed by atoms with Crippen molar-refractivity contribution in [2.75, 3.05) is 23.8 Å². The number of nitrogens with zero attached hydrogens (tertiary/aromatic N) is 1. The van der Waals surface area contributed by atoms with E-state index in [4.69, 9.17) is 0 Å². The van der Waals surface area contributed by atoms with E-state index in [1.165, 1.54) is 22.5 Å². The Balaban J connectivity index is 1.90. The largest absolute Gasteiger partial charge is 0.374 e. The number of benzene rings is 1. The summed E-state index contributed by atoms with van der Waals surface area (Å²) in [5, 5.41) is 8.00. The van der Waals surface area contributed by atoms with Gasteiger partial charge in [-0.3, -0.25) is 0 Å². The van der Waals surface area contributed by atoms with Crippen molar-refractivity contribution in [3.8, 4) is 0 Å². The third-order valence-corrected chi connectivity index (χ3v) is 4.05. The summed E-state index contributed by atoms with van der Waals surface area (Å²) in [5.74, 6) is 0. The van der Waals surface area contributed by atoms with Crippen molar-refractivity contribution in [2.24, 2.45) is 0 Å². The van der Waals surface area contributed by atoms with Crippen molar-refractivity contribution in [1.29, 1.82) is 0 Å². The number of hydrogen-bond acceptors (Lipinski definition) is 3. The van der Waals surface area contributed by atoms with E-state index < -0.39 is 0 Å². The summed E-state index contributed by atoms with van der Waals surface area (Å²) in [4.78, 5) is 2.33. The number of likely N-dealkylation sites (N-methyl/N-ethyl adjacent to an activating group) is 1. The highest BCUT2D eigenvalue weighted by atomic mass is 32.1. The van der Waals surface area contributed by atoms with Gasteiger partial charge in [0.05, 0.1) is 17.4 Å². The molecule has 1 unspecified atom stereocenters. The number of fused-ring (bicyclic) bond motifs is 1. The molecule has 0 aliphatic carbocycles. The second-order valence-electron chi connectivity index (χ2n) is 4.66. The van der Waals surface area contributed by atoms with Gasteiger partial charge in [-0.25, -0.2) is 0 Å². The third kappa shape index (κ3) is 1.91. The number of aryl methyl sites for hydroxylation is 1. The summed E-state index contributed by atoms with van der Waals surface area (Å²) in [6.45, 7) is 3.15. The zero-order valence-corrected chi connectivity index (χ0v) is 10.9. The molecule has 88 valence electrons. The number of nitrogens with one attached hydrogen (secondary N) is 1. The average Bonchev–Trinajstić information content (AvgIpc) is 2.78. The summed E-state index contributed by atoms with van der Waals surface area (Å²) in [7, 11) is 2.16. The van der Waals surface area contributed by atoms with Gasteiger partial charge >= 0.3 is 0 Å². The van der Waals surface area contributed by atoms with Gasteiger partial charge in [-0.2, -0.15) is 0 Å². The normalized spacial score (nSPS) is 18.7. The van der Waals surface area contributed by atoms with E-state index >= 15 is 0 Å². The summed E-state index contributed by atoms with van der Waals surface area (Å²) < 4.78 is 0. The molecule has 3 rings (SSSR count). The Morgan fingerprint density at radius 2 is 2.00 bits per heavy atom. The number of thiophene rings is 1. The van der Waals surface area contributed by atoms with Crippen LogP contribution in [-0.2, 0) is 0 Å². The highest BCUT2D eigenvalue weighted by Crippen LogP contribution is 2.37. The smallest absolute Gasteiger partial charge is 0.0709 e. The topological polar surface area (TPSA) is 15.3 Å². The molecule has 0 radical (unpaired) electrons. The van der Waals surface area contributed by atoms with E-state index in [-0.39, 0.29) is 0 Å². The molecule has 1 aromatic carbocycles. The van der Waals surface area contributed by atoms with Gasteiger partial charge in [-0.15, -0.1) is 11.3 Å². The molecule has 0 fully saturated rings. The van der Waals surface area contributed by atoms with Gasteiger partial charge in [0.1, 0.15) is 0 Å². The zero-order valence-electron chi connectivity index (χ0n) is 10.1. The fraction of sp³-hybridized carbons (Fsp3) is 0.286. The van der Waals surface area contributed by atoms with E-state index in [1.54, 1.807) is 11.3 Å². The molecule has 2 aromatic rings. The first kappa shape index (κ1) is 10.7. The predicted octanol–water partition coefficient (Wildman–Crippen LogP) is 3.66. The second-order valence-corrected chi connectivity index (χ2v) is 5.40. The quantitative estimate of drug-likeness (QED) is 0.823. The molecule has 0 saturated heterocycles. The average molecular weight is 244 g/mol. The van der Waals surface area contributed by atoms with Crippen LogP contribution in [0.1, 0.15) is 17.2 Å². The fourth-order valence-electron chi connectivity index (χ4n) is 2.29. The lowest BCUT2D eigenvalue weighted by atomic mass is 10.0. The maximum atomic E-state index is 3.61. The maximum absolute atomic E-state index is 3.61. The molecule has 0 bridgehead atoms. The lowest BCUT2D eigenvalue weighted by Crippen LogP contribution is -2.32. The second kappa shape index (κ2) is 4.08. The molecule has 17 heavy (non-hydrogen) atoms. The molecule has 1 aliphatic heterocycles. The molecule has 0 saturated carbocycles. The number of rotatable bonds is 1. The van der Waals surface area contributed by atoms with E-state index in [1.807, 2.05) is 0 Å². The third-order valence-electron chi connectivity index (χ3n) is 3.32. The van der Waals surface area contributed by atoms with Crippen LogP contribution < -0.4 is 10.2 Å². The first-order valence-electron chi connectivity index (χ1n) is 5.84. The van der Waals surface area contributed by atoms with Crippen molar-refractivity contribution in [3.63, 3.8) is 0 Å². The molecule has 1 aromatic heterocycles. The summed E-state index contributed by atoms with van der Waals surface area (Å²) >= 11 is 1.75. The van der Waals surface area contributed by atoms with Crippen molar-refractivity contribution >= 4 is 22.7 Å². The monoisotopic (exact) mass is 244 g/mol. The molecule has 0 amide bonds. The Bertz CT molecular complexity index is 515. The van der Waals surface area contributed by atoms with Crippen LogP contribution in [0.2, 0.25) is 0 Å². The minimum atomic E-state index is 0.391. The molecule has 1 N–H and O–H groups in total. The molecule has 1 atom stereocenters. The zero-order chi connectivity index (χ0) is 11.8. The van der Waals surface area contributed by atoms with Crippen LogP contribution in [-0.4, -0.2) is 13.6 Å². The first-order chi connectivity index (χ1) is 8.24. The minimum Gasteiger partial charge on any atom is -0.374 e. The SMILES string of the molecule is Cc1ccc(C2CN(C)c3cscc3N2)cc1. The molecule has 0 spiro atoms. The molecule has 2 nitrogen and oxygen atoms in total. The lowest BCUT2D eigenvalue weighted by Gasteiger charge is -2.33. The minimum absolute atomic E-state index is 0.391. The van der Waals surface area contributed by atoms with Crippen molar-refractivity contribution < 1.29 is 0 Å². The Hall–Kier alpha value is -1.48. The summed E-state index contributed by atoms with van der Waals surface area (Å²) in [5.41, 5.74) is 5.25. The highest BCUT2D eigenvalue weighted by molar-refractivity contribution is 7.09. The fourth-order valence-corrected chi connectivity index (χ4v) is 3.12. The van der Waals surface area contributed by atoms with Crippen LogP contribution in [0.3, 0.4) is 0 Å². The Kier molecular flexibility index (Phi) is 2.56. The van der Waals surface area contributed by atoms with Gasteiger partial charge in [0, 0.05) is 24.4 Å². The van der Waals surface area contributed by atoms with Crippen LogP contribution in [0.4, 0.5) is 11.4 Å². The van der Waals surface area contributed by atoms with Crippen molar-refractivity contribution in [3.05, 3.63) is 46.2 Å².